The molecular formula is C14H18N2O2S. The molecule has 2 N–H and O–H groups in total. The Kier molecular flexibility index (Phi) is 4.90. The third-order valence-corrected chi connectivity index (χ3v) is 3.49. The molecule has 0 bridgehead atoms. The Balaban J connectivity index is 1.87. The summed E-state index contributed by atoms with van der Waals surface area (Å²) in [4.78, 5) is 4.42. The molecule has 0 saturated heterocycles. The minimum atomic E-state index is -0.474. The quantitative estimate of drug-likeness (QED) is 0.851. The largest absolute Gasteiger partial charge is 0.497 e. The van der Waals surface area contributed by atoms with Gasteiger partial charge in [-0.2, -0.15) is 11.3 Å². The zero-order chi connectivity index (χ0) is 13.7. The molecule has 4 nitrogen and oxygen atoms in total. The Morgan fingerprint density at radius 2 is 2.32 bits per heavy atom. The molecule has 0 radical (unpaired) electrons. The van der Waals surface area contributed by atoms with Crippen molar-refractivity contribution in [2.24, 2.45) is 0 Å². The summed E-state index contributed by atoms with van der Waals surface area (Å²) in [7, 11) is 1.65. The molecule has 0 spiro atoms. The summed E-state index contributed by atoms with van der Waals surface area (Å²) >= 11 is 1.59. The third kappa shape index (κ3) is 4.02. The van der Waals surface area contributed by atoms with Gasteiger partial charge < -0.3 is 15.2 Å². The lowest BCUT2D eigenvalue weighted by atomic mass is 10.2. The van der Waals surface area contributed by atoms with Crippen LogP contribution in [0.2, 0.25) is 0 Å². The zero-order valence-electron chi connectivity index (χ0n) is 11.1. The molecular weight excluding hydrogens is 260 g/mol. The molecule has 2 heterocycles. The molecule has 19 heavy (non-hydrogen) atoms. The van der Waals surface area contributed by atoms with Crippen molar-refractivity contribution in [2.45, 2.75) is 19.6 Å². The lowest BCUT2D eigenvalue weighted by Crippen LogP contribution is -2.21. The van der Waals surface area contributed by atoms with Crippen LogP contribution in [-0.2, 0) is 6.54 Å². The topological polar surface area (TPSA) is 54.4 Å². The maximum absolute atomic E-state index is 9.94. The number of pyridine rings is 1. The summed E-state index contributed by atoms with van der Waals surface area (Å²) in [5, 5.41) is 17.1. The van der Waals surface area contributed by atoms with Gasteiger partial charge in [0.2, 0.25) is 0 Å². The van der Waals surface area contributed by atoms with E-state index >= 15 is 0 Å². The van der Waals surface area contributed by atoms with Gasteiger partial charge >= 0.3 is 0 Å². The molecule has 0 amide bonds. The molecule has 2 aromatic rings. The van der Waals surface area contributed by atoms with Crippen LogP contribution in [0.15, 0.2) is 29.0 Å². The van der Waals surface area contributed by atoms with Crippen LogP contribution in [-0.4, -0.2) is 23.7 Å². The smallest absolute Gasteiger partial charge is 0.122 e. The van der Waals surface area contributed by atoms with Gasteiger partial charge in [0.15, 0.2) is 0 Å². The summed E-state index contributed by atoms with van der Waals surface area (Å²) in [6, 6.07) is 5.73. The second kappa shape index (κ2) is 6.65. The second-order valence-electron chi connectivity index (χ2n) is 4.34. The number of hydrogen-bond donors (Lipinski definition) is 2. The van der Waals surface area contributed by atoms with Gasteiger partial charge in [0.1, 0.15) is 5.75 Å². The van der Waals surface area contributed by atoms with Crippen LogP contribution in [0.5, 0.6) is 5.75 Å². The van der Waals surface area contributed by atoms with E-state index in [0.717, 1.165) is 22.7 Å². The number of aromatic nitrogens is 1. The number of nitrogens with one attached hydrogen (secondary N) is 1. The number of ether oxygens (including phenoxy) is 1. The van der Waals surface area contributed by atoms with Gasteiger partial charge in [0, 0.05) is 30.9 Å². The Hall–Kier alpha value is -1.43. The molecule has 2 rings (SSSR count). The zero-order valence-corrected chi connectivity index (χ0v) is 11.9. The molecule has 0 aliphatic rings. The van der Waals surface area contributed by atoms with Crippen molar-refractivity contribution in [1.82, 2.24) is 10.3 Å². The Morgan fingerprint density at radius 3 is 3.00 bits per heavy atom. The predicted molar refractivity (Wildman–Crippen MR) is 76.5 cm³/mol. The number of methoxy groups -OCH3 is 1. The molecule has 102 valence electrons. The molecule has 0 aliphatic carbocycles. The summed E-state index contributed by atoms with van der Waals surface area (Å²) in [6.07, 6.45) is -0.474. The van der Waals surface area contributed by atoms with Gasteiger partial charge in [0.05, 0.1) is 18.9 Å². The van der Waals surface area contributed by atoms with Crippen molar-refractivity contribution in [3.05, 3.63) is 45.9 Å². The van der Waals surface area contributed by atoms with Crippen LogP contribution in [0.25, 0.3) is 0 Å². The maximum Gasteiger partial charge on any atom is 0.122 e. The van der Waals surface area contributed by atoms with Gasteiger partial charge in [-0.15, -0.1) is 0 Å². The third-order valence-electron chi connectivity index (χ3n) is 2.79. The predicted octanol–water partition coefficient (Wildman–Crippen LogP) is 2.28. The van der Waals surface area contributed by atoms with Crippen LogP contribution >= 0.6 is 11.3 Å². The molecule has 0 saturated carbocycles. The monoisotopic (exact) mass is 278 g/mol. The summed E-state index contributed by atoms with van der Waals surface area (Å²) in [5.41, 5.74) is 2.79. The fraction of sp³-hybridized carbons (Fsp3) is 0.357. The maximum atomic E-state index is 9.94. The standard InChI is InChI=1S/C14H18N2O2S/c1-10-5-13(18-2)6-12(16-10)7-15-8-14(17)11-3-4-19-9-11/h3-6,9,14-15,17H,7-8H2,1-2H3. The van der Waals surface area contributed by atoms with Gasteiger partial charge in [0.25, 0.3) is 0 Å². The van der Waals surface area contributed by atoms with E-state index in [1.807, 2.05) is 35.9 Å². The molecule has 0 aromatic carbocycles. The van der Waals surface area contributed by atoms with Gasteiger partial charge in [-0.05, 0) is 29.3 Å². The molecule has 0 aliphatic heterocycles. The van der Waals surface area contributed by atoms with E-state index in [0.29, 0.717) is 13.1 Å². The van der Waals surface area contributed by atoms with Crippen molar-refractivity contribution in [2.75, 3.05) is 13.7 Å². The van der Waals surface area contributed by atoms with Crippen LogP contribution in [0.3, 0.4) is 0 Å². The van der Waals surface area contributed by atoms with Crippen molar-refractivity contribution in [3.63, 3.8) is 0 Å². The van der Waals surface area contributed by atoms with Crippen molar-refractivity contribution in [1.29, 1.82) is 0 Å². The summed E-state index contributed by atoms with van der Waals surface area (Å²) in [6.45, 7) is 3.06. The fourth-order valence-electron chi connectivity index (χ4n) is 1.83. The van der Waals surface area contributed by atoms with E-state index in [9.17, 15) is 5.11 Å². The van der Waals surface area contributed by atoms with Crippen molar-refractivity contribution in [3.8, 4) is 5.75 Å². The Bertz CT molecular complexity index is 514. The Morgan fingerprint density at radius 1 is 1.47 bits per heavy atom. The highest BCUT2D eigenvalue weighted by molar-refractivity contribution is 7.07. The highest BCUT2D eigenvalue weighted by atomic mass is 32.1. The number of aliphatic hydroxyl groups excluding tert-OH is 1. The van der Waals surface area contributed by atoms with E-state index in [1.165, 1.54) is 0 Å². The fourth-order valence-corrected chi connectivity index (χ4v) is 2.54. The first kappa shape index (κ1) is 14.0. The van der Waals surface area contributed by atoms with E-state index in [4.69, 9.17) is 4.74 Å². The minimum Gasteiger partial charge on any atom is -0.497 e. The van der Waals surface area contributed by atoms with E-state index in [2.05, 4.69) is 10.3 Å². The Labute approximate surface area is 117 Å². The van der Waals surface area contributed by atoms with Crippen molar-refractivity contribution < 1.29 is 9.84 Å². The molecule has 5 heteroatoms. The molecule has 0 fully saturated rings. The van der Waals surface area contributed by atoms with Gasteiger partial charge in [-0.1, -0.05) is 0 Å². The van der Waals surface area contributed by atoms with Gasteiger partial charge in [-0.3, -0.25) is 4.98 Å². The lowest BCUT2D eigenvalue weighted by Gasteiger charge is -2.11. The summed E-state index contributed by atoms with van der Waals surface area (Å²) < 4.78 is 5.21. The van der Waals surface area contributed by atoms with Crippen LogP contribution in [0.4, 0.5) is 0 Å². The number of aryl methyl sites for hydroxylation is 1. The average molecular weight is 278 g/mol. The first-order valence-corrected chi connectivity index (χ1v) is 7.05. The number of hydrogen-bond acceptors (Lipinski definition) is 5. The number of rotatable bonds is 6. The normalized spacial score (nSPS) is 12.4. The highest BCUT2D eigenvalue weighted by Crippen LogP contribution is 2.16. The number of aliphatic hydroxyl groups is 1. The highest BCUT2D eigenvalue weighted by Gasteiger charge is 2.07. The lowest BCUT2D eigenvalue weighted by molar-refractivity contribution is 0.174. The van der Waals surface area contributed by atoms with Crippen LogP contribution in [0, 0.1) is 6.92 Å². The second-order valence-corrected chi connectivity index (χ2v) is 5.12. The van der Waals surface area contributed by atoms with E-state index in [1.54, 1.807) is 18.4 Å². The summed E-state index contributed by atoms with van der Waals surface area (Å²) in [5.74, 6) is 0.808. The van der Waals surface area contributed by atoms with Crippen LogP contribution < -0.4 is 10.1 Å². The molecule has 1 unspecified atom stereocenters. The van der Waals surface area contributed by atoms with E-state index in [-0.39, 0.29) is 0 Å². The molecule has 1 atom stereocenters. The minimum absolute atomic E-state index is 0.474. The van der Waals surface area contributed by atoms with E-state index < -0.39 is 6.10 Å². The first-order chi connectivity index (χ1) is 9.19. The number of thiophene rings is 1. The SMILES string of the molecule is COc1cc(C)nc(CNCC(O)c2ccsc2)c1. The first-order valence-electron chi connectivity index (χ1n) is 6.11. The number of nitrogens with zero attached hydrogens (tertiary/aromatic N) is 1. The van der Waals surface area contributed by atoms with Crippen molar-refractivity contribution >= 4 is 11.3 Å². The average Bonchev–Trinajstić information content (AvgIpc) is 2.92. The molecule has 2 aromatic heterocycles. The van der Waals surface area contributed by atoms with Crippen LogP contribution in [0.1, 0.15) is 23.1 Å². The van der Waals surface area contributed by atoms with Gasteiger partial charge in [-0.25, -0.2) is 0 Å².